The highest BCUT2D eigenvalue weighted by molar-refractivity contribution is 5.83. The predicted octanol–water partition coefficient (Wildman–Crippen LogP) is 8.53. The number of carbonyl (C=O) groups excluding carboxylic acids is 1. The largest absolute Gasteiger partial charge is 0.462 e. The van der Waals surface area contributed by atoms with Crippen LogP contribution in [0.1, 0.15) is 0 Å². The summed E-state index contributed by atoms with van der Waals surface area (Å²) in [6, 6.07) is 0. The summed E-state index contributed by atoms with van der Waals surface area (Å²) in [5.41, 5.74) is -1.20. The van der Waals surface area contributed by atoms with Crippen molar-refractivity contribution in [3.63, 3.8) is 0 Å². The molecule has 0 aliphatic heterocycles. The summed E-state index contributed by atoms with van der Waals surface area (Å²) in [4.78, 5) is 10.6. The van der Waals surface area contributed by atoms with E-state index in [-0.39, 0.29) is 0 Å². The first-order valence-corrected chi connectivity index (χ1v) is 10.3. The van der Waals surface area contributed by atoms with Gasteiger partial charge in [-0.2, -0.15) is 133 Å². The summed E-state index contributed by atoms with van der Waals surface area (Å²) in [7, 11) is 0. The summed E-state index contributed by atoms with van der Waals surface area (Å²) in [5, 5.41) is 0. The number of halogens is 30. The van der Waals surface area contributed by atoms with Crippen molar-refractivity contribution < 1.29 is 156 Å². The van der Waals surface area contributed by atoms with Crippen molar-refractivity contribution in [3.05, 3.63) is 0 Å². The van der Waals surface area contributed by atoms with Gasteiger partial charge in [0.25, 0.3) is 0 Å². The van der Waals surface area contributed by atoms with Crippen LogP contribution in [0.2, 0.25) is 0 Å². The smallest absolute Gasteiger partial charge is 0.265 e. The van der Waals surface area contributed by atoms with E-state index in [0.29, 0.717) is 0 Å². The van der Waals surface area contributed by atoms with Crippen LogP contribution >= 0.6 is 0 Å². The average molecular weight is 845 g/mol. The van der Waals surface area contributed by atoms with Crippen molar-refractivity contribution in [3.8, 4) is 0 Å². The molecule has 0 aliphatic rings. The molecule has 6 nitrogen and oxygen atoms in total. The van der Waals surface area contributed by atoms with E-state index in [2.05, 4.69) is 0 Å². The van der Waals surface area contributed by atoms with Crippen LogP contribution in [0, 0.1) is 0 Å². The van der Waals surface area contributed by atoms with Crippen molar-refractivity contribution in [1.29, 1.82) is 0 Å². The minimum absolute atomic E-state index is 0.806. The second-order valence-corrected chi connectivity index (χ2v) is 8.34. The number of carbonyl (C=O) groups is 1. The molecule has 0 bridgehead atoms. The Kier molecular flexibility index (Phi) is 12.0. The molecule has 0 saturated heterocycles. The van der Waals surface area contributed by atoms with Gasteiger partial charge in [0.05, 0.1) is 0 Å². The zero-order valence-electron chi connectivity index (χ0n) is 21.4. The molecule has 0 spiro atoms. The molecule has 0 aliphatic carbocycles. The normalized spacial score (nSPS) is 20.2. The Morgan fingerprint density at radius 3 is 0.765 bits per heavy atom. The van der Waals surface area contributed by atoms with E-state index < -0.39 is 96.1 Å². The maximum Gasteiger partial charge on any atom is 0.462 e. The molecule has 306 valence electrons. The Morgan fingerprint density at radius 1 is 0.333 bits per heavy atom. The van der Waals surface area contributed by atoms with Gasteiger partial charge in [-0.25, -0.2) is 0 Å². The molecule has 4 atom stereocenters. The van der Waals surface area contributed by atoms with Crippen LogP contribution in [0.5, 0.6) is 0 Å². The lowest BCUT2D eigenvalue weighted by molar-refractivity contribution is -0.592. The fourth-order valence-corrected chi connectivity index (χ4v) is 2.27. The summed E-state index contributed by atoms with van der Waals surface area (Å²) in [6.07, 6.45) is -78.0. The summed E-state index contributed by atoms with van der Waals surface area (Å²) < 4.78 is 399. The van der Waals surface area contributed by atoms with Crippen molar-refractivity contribution >= 4 is 5.91 Å². The van der Waals surface area contributed by atoms with Gasteiger partial charge >= 0.3 is 90.6 Å². The van der Waals surface area contributed by atoms with Gasteiger partial charge in [0.1, 0.15) is 0 Å². The summed E-state index contributed by atoms with van der Waals surface area (Å²) >= 11 is 0. The molecule has 0 rings (SSSR count). The van der Waals surface area contributed by atoms with Crippen LogP contribution in [0.3, 0.4) is 0 Å². The average Bonchev–Trinajstić information content (AvgIpc) is 2.83. The molecular formula is C15HF30NO5. The molecule has 0 aromatic heterocycles. The molecule has 0 saturated carbocycles. The third-order valence-electron chi connectivity index (χ3n) is 4.76. The fourth-order valence-electron chi connectivity index (χ4n) is 2.27. The Bertz CT molecular complexity index is 1250. The second-order valence-electron chi connectivity index (χ2n) is 8.34. The Morgan fingerprint density at radius 2 is 0.569 bits per heavy atom. The minimum Gasteiger partial charge on any atom is -0.265 e. The molecule has 0 radical (unpaired) electrons. The second kappa shape index (κ2) is 12.7. The quantitative estimate of drug-likeness (QED) is 0.149. The van der Waals surface area contributed by atoms with Gasteiger partial charge < -0.3 is 0 Å². The van der Waals surface area contributed by atoms with Crippen LogP contribution in [0.15, 0.2) is 0 Å². The fraction of sp³-hybridized carbons (Fsp3) is 0.933. The van der Waals surface area contributed by atoms with Crippen molar-refractivity contribution in [2.24, 2.45) is 0 Å². The highest BCUT2D eigenvalue weighted by Crippen LogP contribution is 2.61. The highest BCUT2D eigenvalue weighted by atomic mass is 19.4. The first-order valence-electron chi connectivity index (χ1n) is 10.3. The Hall–Kier alpha value is -2.79. The van der Waals surface area contributed by atoms with Crippen LogP contribution < -0.4 is 5.54 Å². The molecule has 4 unspecified atom stereocenters. The van der Waals surface area contributed by atoms with Crippen molar-refractivity contribution in [2.45, 2.75) is 84.7 Å². The number of hydrogen-bond donors (Lipinski definition) is 1. The monoisotopic (exact) mass is 845 g/mol. The third kappa shape index (κ3) is 7.94. The van der Waals surface area contributed by atoms with E-state index in [1.165, 1.54) is 4.74 Å². The number of nitrogens with one attached hydrogen (secondary N) is 1. The van der Waals surface area contributed by atoms with Gasteiger partial charge in [0.15, 0.2) is 0 Å². The summed E-state index contributed by atoms with van der Waals surface area (Å²) in [6.45, 7) is 0. The van der Waals surface area contributed by atoms with Crippen LogP contribution in [-0.4, -0.2) is 90.6 Å². The van der Waals surface area contributed by atoms with Crippen LogP contribution in [0.25, 0.3) is 0 Å². The first-order chi connectivity index (χ1) is 21.6. The van der Waals surface area contributed by atoms with E-state index in [1.54, 1.807) is 0 Å². The van der Waals surface area contributed by atoms with Crippen molar-refractivity contribution in [2.75, 3.05) is 0 Å². The minimum atomic E-state index is -9.29. The van der Waals surface area contributed by atoms with E-state index >= 15 is 0 Å². The number of rotatable bonds is 13. The van der Waals surface area contributed by atoms with E-state index in [9.17, 15) is 137 Å². The van der Waals surface area contributed by atoms with E-state index in [4.69, 9.17) is 0 Å². The number of alkyl halides is 29. The molecule has 0 aromatic rings. The van der Waals surface area contributed by atoms with Gasteiger partial charge in [-0.3, -0.25) is 23.7 Å². The van der Waals surface area contributed by atoms with Crippen LogP contribution in [-0.2, 0) is 23.7 Å². The van der Waals surface area contributed by atoms with Gasteiger partial charge in [-0.15, -0.1) is 4.48 Å². The molecule has 51 heavy (non-hydrogen) atoms. The maximum absolute atomic E-state index is 14.4. The number of amides is 1. The molecular weight excluding hydrogens is 844 g/mol. The SMILES string of the molecule is O=C(NF)C(F)(OC(F)(F)C(F)(OC(F)(F)C(F)(OC(F)(F)C(F)(OC(F)(F)C(F)(F)C(F)(F)F)C(F)(F)F)C(F)(F)F)C(F)(F)F)C(F)(F)F. The lowest BCUT2D eigenvalue weighted by atomic mass is 10.2. The topological polar surface area (TPSA) is 66.0 Å². The Labute approximate surface area is 253 Å². The zero-order chi connectivity index (χ0) is 42.1. The standard InChI is InChI=1S/C15HF30NO5/c16-2(1(47)46-45,7(22,23)24)48-13(39,40)4(19,9(28,29)30)50-15(43,44)6(21,11(34,35)36)51-14(41,42)5(20,10(31,32)33)49-12(37,38)3(17,18)8(25,26)27/h(H,46,47). The maximum atomic E-state index is 14.4. The molecule has 1 N–H and O–H groups in total. The molecule has 0 fully saturated rings. The molecule has 1 amide bonds. The predicted molar refractivity (Wildman–Crippen MR) is 84.0 cm³/mol. The van der Waals surface area contributed by atoms with Gasteiger partial charge in [0.2, 0.25) is 0 Å². The number of hydrogen-bond acceptors (Lipinski definition) is 5. The highest BCUT2D eigenvalue weighted by Gasteiger charge is 2.90. The van der Waals surface area contributed by atoms with Crippen molar-refractivity contribution in [1.82, 2.24) is 5.54 Å². The van der Waals surface area contributed by atoms with Gasteiger partial charge in [-0.05, 0) is 0 Å². The lowest BCUT2D eigenvalue weighted by Gasteiger charge is -2.44. The van der Waals surface area contributed by atoms with Crippen LogP contribution in [0.4, 0.5) is 132 Å². The molecule has 0 heterocycles. The lowest BCUT2D eigenvalue weighted by Crippen LogP contribution is -2.72. The van der Waals surface area contributed by atoms with Gasteiger partial charge in [0, 0.05) is 0 Å². The van der Waals surface area contributed by atoms with Gasteiger partial charge in [-0.1, -0.05) is 0 Å². The first kappa shape index (κ1) is 48.2. The molecule has 36 heteroatoms. The number of ether oxygens (including phenoxy) is 4. The molecule has 0 aromatic carbocycles. The summed E-state index contributed by atoms with van der Waals surface area (Å²) in [5.74, 6) is -47.9. The van der Waals surface area contributed by atoms with E-state index in [1.807, 2.05) is 0 Å². The Balaban J connectivity index is 7.72. The third-order valence-corrected chi connectivity index (χ3v) is 4.76. The van der Waals surface area contributed by atoms with E-state index in [0.717, 1.165) is 14.2 Å². The zero-order valence-corrected chi connectivity index (χ0v) is 21.4.